The Morgan fingerprint density at radius 1 is 1.17 bits per heavy atom. The van der Waals surface area contributed by atoms with Gasteiger partial charge in [0.05, 0.1) is 5.69 Å². The van der Waals surface area contributed by atoms with Gasteiger partial charge in [0.1, 0.15) is 5.69 Å². The standard InChI is InChI=1S/C11H8IN3O3/c12-6-3-1-2-4-7(6)13-10(17)8-5-9(16)15-11(18)14-8/h1-5H,(H,13,17)(H2,14,15,16,18). The van der Waals surface area contributed by atoms with Crippen molar-refractivity contribution in [2.45, 2.75) is 0 Å². The molecular formula is C11H8IN3O3. The lowest BCUT2D eigenvalue weighted by Gasteiger charge is -2.06. The Hall–Kier alpha value is -1.90. The predicted octanol–water partition coefficient (Wildman–Crippen LogP) is 0.920. The maximum Gasteiger partial charge on any atom is 0.326 e. The number of hydrogen-bond donors (Lipinski definition) is 3. The highest BCUT2D eigenvalue weighted by Crippen LogP contribution is 2.17. The van der Waals surface area contributed by atoms with Crippen molar-refractivity contribution in [3.63, 3.8) is 0 Å². The lowest BCUT2D eigenvalue weighted by atomic mass is 10.3. The normalized spacial score (nSPS) is 10.1. The monoisotopic (exact) mass is 357 g/mol. The summed E-state index contributed by atoms with van der Waals surface area (Å²) in [5.74, 6) is -0.540. The first kappa shape index (κ1) is 12.6. The van der Waals surface area contributed by atoms with Gasteiger partial charge in [-0.15, -0.1) is 0 Å². The highest BCUT2D eigenvalue weighted by atomic mass is 127. The number of carbonyl (C=O) groups excluding carboxylic acids is 1. The average Bonchev–Trinajstić information content (AvgIpc) is 2.31. The van der Waals surface area contributed by atoms with Gasteiger partial charge in [-0.2, -0.15) is 0 Å². The maximum atomic E-state index is 11.8. The summed E-state index contributed by atoms with van der Waals surface area (Å²) >= 11 is 2.07. The lowest BCUT2D eigenvalue weighted by Crippen LogP contribution is -2.27. The number of rotatable bonds is 2. The number of halogens is 1. The van der Waals surface area contributed by atoms with Crippen LogP contribution >= 0.6 is 22.6 Å². The summed E-state index contributed by atoms with van der Waals surface area (Å²) in [5, 5.41) is 2.61. The summed E-state index contributed by atoms with van der Waals surface area (Å²) in [6, 6.07) is 8.21. The van der Waals surface area contributed by atoms with Crippen molar-refractivity contribution < 1.29 is 4.79 Å². The van der Waals surface area contributed by atoms with E-state index >= 15 is 0 Å². The molecule has 92 valence electrons. The smallest absolute Gasteiger partial charge is 0.320 e. The molecule has 2 rings (SSSR count). The highest BCUT2D eigenvalue weighted by molar-refractivity contribution is 14.1. The molecule has 0 spiro atoms. The van der Waals surface area contributed by atoms with Crippen molar-refractivity contribution in [3.05, 3.63) is 60.4 Å². The van der Waals surface area contributed by atoms with Gasteiger partial charge < -0.3 is 10.3 Å². The first-order valence-corrected chi connectivity index (χ1v) is 6.03. The Morgan fingerprint density at radius 2 is 1.89 bits per heavy atom. The Morgan fingerprint density at radius 3 is 2.56 bits per heavy atom. The number of aromatic nitrogens is 2. The molecule has 0 fully saturated rings. The number of para-hydroxylation sites is 1. The van der Waals surface area contributed by atoms with Gasteiger partial charge in [-0.3, -0.25) is 14.6 Å². The van der Waals surface area contributed by atoms with Gasteiger partial charge in [0, 0.05) is 9.64 Å². The molecule has 0 unspecified atom stereocenters. The zero-order valence-electron chi connectivity index (χ0n) is 8.99. The zero-order valence-corrected chi connectivity index (χ0v) is 11.1. The van der Waals surface area contributed by atoms with Gasteiger partial charge in [-0.05, 0) is 34.7 Å². The number of amides is 1. The van der Waals surface area contributed by atoms with Gasteiger partial charge in [0.2, 0.25) is 0 Å². The molecule has 0 atom stereocenters. The Kier molecular flexibility index (Phi) is 3.60. The summed E-state index contributed by atoms with van der Waals surface area (Å²) in [5.41, 5.74) is -0.797. The predicted molar refractivity (Wildman–Crippen MR) is 74.8 cm³/mol. The lowest BCUT2D eigenvalue weighted by molar-refractivity contribution is 0.102. The molecular weight excluding hydrogens is 349 g/mol. The van der Waals surface area contributed by atoms with Crippen LogP contribution in [0.5, 0.6) is 0 Å². The minimum absolute atomic E-state index is 0.0802. The topological polar surface area (TPSA) is 94.8 Å². The zero-order chi connectivity index (χ0) is 13.1. The van der Waals surface area contributed by atoms with Crippen molar-refractivity contribution in [2.24, 2.45) is 0 Å². The molecule has 7 heteroatoms. The number of aromatic amines is 2. The number of anilines is 1. The van der Waals surface area contributed by atoms with E-state index in [9.17, 15) is 14.4 Å². The van der Waals surface area contributed by atoms with E-state index in [1.165, 1.54) is 0 Å². The van der Waals surface area contributed by atoms with Crippen LogP contribution in [0.3, 0.4) is 0 Å². The molecule has 0 aliphatic rings. The molecule has 1 amide bonds. The van der Waals surface area contributed by atoms with Crippen LogP contribution in [-0.4, -0.2) is 15.9 Å². The fourth-order valence-electron chi connectivity index (χ4n) is 1.34. The van der Waals surface area contributed by atoms with Crippen molar-refractivity contribution >= 4 is 34.2 Å². The summed E-state index contributed by atoms with van der Waals surface area (Å²) in [4.78, 5) is 38.2. The van der Waals surface area contributed by atoms with Crippen LogP contribution in [0.4, 0.5) is 5.69 Å². The van der Waals surface area contributed by atoms with Gasteiger partial charge >= 0.3 is 5.69 Å². The molecule has 0 bridgehead atoms. The Balaban J connectivity index is 2.30. The van der Waals surface area contributed by atoms with Crippen LogP contribution in [0.2, 0.25) is 0 Å². The number of benzene rings is 1. The van der Waals surface area contributed by atoms with E-state index in [4.69, 9.17) is 0 Å². The second-order valence-electron chi connectivity index (χ2n) is 3.44. The molecule has 0 saturated carbocycles. The quantitative estimate of drug-likeness (QED) is 0.698. The molecule has 0 radical (unpaired) electrons. The summed E-state index contributed by atoms with van der Waals surface area (Å²) in [7, 11) is 0. The third-order valence-corrected chi connectivity index (χ3v) is 3.07. The minimum atomic E-state index is -0.713. The number of hydrogen-bond acceptors (Lipinski definition) is 3. The van der Waals surface area contributed by atoms with Gasteiger partial charge in [-0.25, -0.2) is 4.79 Å². The average molecular weight is 357 g/mol. The largest absolute Gasteiger partial charge is 0.326 e. The van der Waals surface area contributed by atoms with Crippen molar-refractivity contribution in [1.29, 1.82) is 0 Å². The van der Waals surface area contributed by atoms with E-state index < -0.39 is 17.2 Å². The first-order valence-electron chi connectivity index (χ1n) is 4.96. The van der Waals surface area contributed by atoms with Crippen LogP contribution in [0.1, 0.15) is 10.5 Å². The fraction of sp³-hybridized carbons (Fsp3) is 0. The molecule has 1 aromatic carbocycles. The van der Waals surface area contributed by atoms with E-state index in [-0.39, 0.29) is 5.69 Å². The molecule has 3 N–H and O–H groups in total. The molecule has 2 aromatic rings. The minimum Gasteiger partial charge on any atom is -0.320 e. The van der Waals surface area contributed by atoms with E-state index in [1.54, 1.807) is 12.1 Å². The Labute approximate surface area is 115 Å². The molecule has 1 aromatic heterocycles. The third-order valence-electron chi connectivity index (χ3n) is 2.13. The number of nitrogens with one attached hydrogen (secondary N) is 3. The van der Waals surface area contributed by atoms with Crippen LogP contribution in [0, 0.1) is 3.57 Å². The second kappa shape index (κ2) is 5.17. The summed E-state index contributed by atoms with van der Waals surface area (Å²) in [6.45, 7) is 0. The summed E-state index contributed by atoms with van der Waals surface area (Å²) < 4.78 is 0.857. The van der Waals surface area contributed by atoms with Gasteiger partial charge in [0.15, 0.2) is 0 Å². The number of carbonyl (C=O) groups is 1. The highest BCUT2D eigenvalue weighted by Gasteiger charge is 2.09. The molecule has 18 heavy (non-hydrogen) atoms. The van der Waals surface area contributed by atoms with E-state index in [0.717, 1.165) is 9.64 Å². The van der Waals surface area contributed by atoms with E-state index in [2.05, 4.69) is 32.9 Å². The first-order chi connectivity index (χ1) is 8.56. The van der Waals surface area contributed by atoms with Crippen LogP contribution < -0.4 is 16.6 Å². The summed E-state index contributed by atoms with van der Waals surface area (Å²) in [6.07, 6.45) is 0. The molecule has 0 aliphatic heterocycles. The van der Waals surface area contributed by atoms with Crippen LogP contribution in [0.15, 0.2) is 39.9 Å². The maximum absolute atomic E-state index is 11.8. The van der Waals surface area contributed by atoms with Crippen molar-refractivity contribution in [1.82, 2.24) is 9.97 Å². The van der Waals surface area contributed by atoms with Gasteiger partial charge in [-0.1, -0.05) is 12.1 Å². The molecule has 1 heterocycles. The third kappa shape index (κ3) is 2.86. The van der Waals surface area contributed by atoms with Crippen LogP contribution in [0.25, 0.3) is 0 Å². The molecule has 0 aliphatic carbocycles. The SMILES string of the molecule is O=C(Nc1ccccc1I)c1cc(=O)[nH]c(=O)[nH]1. The Bertz CT molecular complexity index is 677. The van der Waals surface area contributed by atoms with Crippen molar-refractivity contribution in [3.8, 4) is 0 Å². The van der Waals surface area contributed by atoms with Crippen LogP contribution in [-0.2, 0) is 0 Å². The van der Waals surface area contributed by atoms with Crippen molar-refractivity contribution in [2.75, 3.05) is 5.32 Å². The molecule has 6 nitrogen and oxygen atoms in total. The molecule has 0 saturated heterocycles. The number of H-pyrrole nitrogens is 2. The van der Waals surface area contributed by atoms with Gasteiger partial charge in [0.25, 0.3) is 11.5 Å². The van der Waals surface area contributed by atoms with E-state index in [0.29, 0.717) is 5.69 Å². The fourth-order valence-corrected chi connectivity index (χ4v) is 1.87. The van der Waals surface area contributed by atoms with E-state index in [1.807, 2.05) is 17.1 Å². The second-order valence-corrected chi connectivity index (χ2v) is 4.60.